The van der Waals surface area contributed by atoms with Gasteiger partial charge in [0.05, 0.1) is 18.3 Å². The highest BCUT2D eigenvalue weighted by Crippen LogP contribution is 2.45. The van der Waals surface area contributed by atoms with Gasteiger partial charge in [-0.2, -0.15) is 13.4 Å². The summed E-state index contributed by atoms with van der Waals surface area (Å²) in [5.41, 5.74) is 6.29. The molecule has 56 heavy (non-hydrogen) atoms. The first-order chi connectivity index (χ1) is 26.8. The molecule has 4 N–H and O–H groups in total. The fraction of sp³-hybridized carbons (Fsp3) is 0.268. The summed E-state index contributed by atoms with van der Waals surface area (Å²) in [7, 11) is -3.01. The summed E-state index contributed by atoms with van der Waals surface area (Å²) >= 11 is 0. The zero-order valence-corrected chi connectivity index (χ0v) is 31.8. The highest BCUT2D eigenvalue weighted by molar-refractivity contribution is 7.86. The van der Waals surface area contributed by atoms with Crippen molar-refractivity contribution >= 4 is 33.0 Å². The van der Waals surface area contributed by atoms with Crippen LogP contribution in [0.3, 0.4) is 0 Å². The molecule has 1 aliphatic heterocycles. The number of aliphatic hydroxyl groups excluding tert-OH is 1. The van der Waals surface area contributed by atoms with Gasteiger partial charge in [0.25, 0.3) is 15.7 Å². The average Bonchev–Trinajstić information content (AvgIpc) is 3.76. The minimum Gasteiger partial charge on any atom is -0.497 e. The highest BCUT2D eigenvalue weighted by atomic mass is 32.2. The van der Waals surface area contributed by atoms with Crippen LogP contribution in [-0.4, -0.2) is 70.4 Å². The second-order valence-corrected chi connectivity index (χ2v) is 15.4. The van der Waals surface area contributed by atoms with Gasteiger partial charge in [-0.3, -0.25) is 23.3 Å². The van der Waals surface area contributed by atoms with Gasteiger partial charge in [-0.15, -0.1) is 0 Å². The van der Waals surface area contributed by atoms with E-state index in [4.69, 9.17) is 24.1 Å². The monoisotopic (exact) mass is 779 g/mol. The topological polar surface area (TPSA) is 198 Å². The summed E-state index contributed by atoms with van der Waals surface area (Å²) in [6.45, 7) is 5.19. The Morgan fingerprint density at radius 3 is 2.09 bits per heavy atom. The summed E-state index contributed by atoms with van der Waals surface area (Å²) in [6.07, 6.45) is -6.93. The van der Waals surface area contributed by atoms with Crippen LogP contribution >= 0.6 is 0 Å². The van der Waals surface area contributed by atoms with Crippen LogP contribution < -0.4 is 16.0 Å². The molecule has 4 aromatic carbocycles. The number of ether oxygens (including phenoxy) is 3. The number of hydrogen-bond donors (Lipinski definition) is 3. The predicted octanol–water partition coefficient (Wildman–Crippen LogP) is 4.65. The lowest BCUT2D eigenvalue weighted by Gasteiger charge is -2.40. The summed E-state index contributed by atoms with van der Waals surface area (Å²) in [4.78, 5) is 38.0. The van der Waals surface area contributed by atoms with Gasteiger partial charge in [-0.1, -0.05) is 104 Å². The Morgan fingerprint density at radius 1 is 0.929 bits per heavy atom. The molecule has 0 bridgehead atoms. The summed E-state index contributed by atoms with van der Waals surface area (Å²) < 4.78 is 54.1. The van der Waals surface area contributed by atoms with E-state index < -0.39 is 63.6 Å². The SMILES string of the molecule is COc1ccc(C(OC(C(=O)C(C)C)[C@H]2O[C@@H](n3cnc4c(=O)[nH]c(N)nc43)[C@H](OS(=O)(=O)c3ccc(C)cc3)[C@@H]2O)(c2ccccc2)c2ccccc2)cc1. The van der Waals surface area contributed by atoms with E-state index in [9.17, 15) is 23.1 Å². The molecule has 2 aromatic heterocycles. The lowest BCUT2D eigenvalue weighted by molar-refractivity contribution is -0.168. The summed E-state index contributed by atoms with van der Waals surface area (Å²) in [6, 6.07) is 31.8. The van der Waals surface area contributed by atoms with Crippen LogP contribution in [0, 0.1) is 12.8 Å². The van der Waals surface area contributed by atoms with E-state index in [-0.39, 0.29) is 22.0 Å². The van der Waals surface area contributed by atoms with E-state index in [1.165, 1.54) is 23.0 Å². The molecule has 0 saturated carbocycles. The van der Waals surface area contributed by atoms with Crippen molar-refractivity contribution in [2.75, 3.05) is 12.8 Å². The Kier molecular flexibility index (Phi) is 10.6. The first-order valence-electron chi connectivity index (χ1n) is 17.9. The van der Waals surface area contributed by atoms with E-state index in [0.29, 0.717) is 22.4 Å². The Morgan fingerprint density at radius 2 is 1.52 bits per heavy atom. The number of carbonyl (C=O) groups is 1. The number of nitrogens with one attached hydrogen (secondary N) is 1. The van der Waals surface area contributed by atoms with Crippen molar-refractivity contribution in [2.24, 2.45) is 5.92 Å². The second-order valence-electron chi connectivity index (χ2n) is 13.8. The molecule has 15 heteroatoms. The molecule has 6 aromatic rings. The number of aliphatic hydroxyl groups is 1. The lowest BCUT2D eigenvalue weighted by atomic mass is 9.79. The number of aryl methyl sites for hydroxylation is 1. The van der Waals surface area contributed by atoms with Crippen LogP contribution in [0.4, 0.5) is 5.95 Å². The minimum atomic E-state index is -4.57. The minimum absolute atomic E-state index is 0.0701. The fourth-order valence-corrected chi connectivity index (χ4v) is 8.05. The largest absolute Gasteiger partial charge is 0.497 e. The Hall–Kier alpha value is -5.71. The number of carbonyl (C=O) groups excluding carboxylic acids is 1. The third kappa shape index (κ3) is 7.10. The molecule has 3 heterocycles. The number of methoxy groups -OCH3 is 1. The first-order valence-corrected chi connectivity index (χ1v) is 19.3. The number of hydrogen-bond acceptors (Lipinski definition) is 12. The van der Waals surface area contributed by atoms with Crippen molar-refractivity contribution in [3.05, 3.63) is 148 Å². The number of aromatic nitrogens is 4. The molecule has 7 rings (SSSR count). The molecular formula is C41H41N5O9S. The number of aromatic amines is 1. The molecule has 1 fully saturated rings. The van der Waals surface area contributed by atoms with E-state index in [1.807, 2.05) is 72.8 Å². The molecule has 1 unspecified atom stereocenters. The Balaban J connectivity index is 1.41. The van der Waals surface area contributed by atoms with Crippen molar-refractivity contribution in [3.63, 3.8) is 0 Å². The number of imidazole rings is 1. The molecular weight excluding hydrogens is 739 g/mol. The highest BCUT2D eigenvalue weighted by Gasteiger charge is 2.55. The van der Waals surface area contributed by atoms with Crippen LogP contribution in [0.2, 0.25) is 0 Å². The zero-order valence-electron chi connectivity index (χ0n) is 31.0. The standard InChI is InChI=1S/C41H41N5O9S/c1-24(2)32(47)35(54-41(26-11-7-5-8-12-26,27-13-9-6-10-14-27)28-17-19-29(52-4)20-18-28)34-33(48)36(55-56(50,51)30-21-15-25(3)16-22-30)39(53-34)46-23-43-31-37(46)44-40(42)45-38(31)49/h5-24,33-36,39,48H,1-4H3,(H3,42,44,45,49)/t33-,34+,35?,36-,39-/m1/s1. The first kappa shape index (κ1) is 38.6. The van der Waals surface area contributed by atoms with E-state index in [1.54, 1.807) is 52.1 Å². The number of rotatable bonds is 13. The summed E-state index contributed by atoms with van der Waals surface area (Å²) in [5, 5.41) is 12.3. The average molecular weight is 780 g/mol. The predicted molar refractivity (Wildman–Crippen MR) is 206 cm³/mol. The van der Waals surface area contributed by atoms with Gasteiger partial charge in [-0.05, 0) is 47.9 Å². The quantitative estimate of drug-likeness (QED) is 0.109. The van der Waals surface area contributed by atoms with Crippen LogP contribution in [0.15, 0.2) is 125 Å². The maximum atomic E-state index is 14.6. The molecule has 290 valence electrons. The number of anilines is 1. The number of nitrogens with two attached hydrogens (primary N) is 1. The number of H-pyrrole nitrogens is 1. The summed E-state index contributed by atoms with van der Waals surface area (Å²) in [5.74, 6) is -0.754. The van der Waals surface area contributed by atoms with Gasteiger partial charge >= 0.3 is 0 Å². The maximum absolute atomic E-state index is 14.6. The number of ketones is 1. The van der Waals surface area contributed by atoms with Gasteiger partial charge < -0.3 is 25.1 Å². The van der Waals surface area contributed by atoms with Crippen molar-refractivity contribution < 1.29 is 36.7 Å². The number of nitrogens with zero attached hydrogens (tertiary/aromatic N) is 3. The Bertz CT molecular complexity index is 2450. The number of fused-ring (bicyclic) bond motifs is 1. The molecule has 0 spiro atoms. The van der Waals surface area contributed by atoms with Gasteiger partial charge in [0.1, 0.15) is 29.7 Å². The van der Waals surface area contributed by atoms with Crippen LogP contribution in [0.5, 0.6) is 5.75 Å². The third-order valence-corrected chi connectivity index (χ3v) is 11.2. The molecule has 0 radical (unpaired) electrons. The van der Waals surface area contributed by atoms with E-state index in [2.05, 4.69) is 15.0 Å². The van der Waals surface area contributed by atoms with Crippen molar-refractivity contribution in [2.45, 2.75) is 61.9 Å². The maximum Gasteiger partial charge on any atom is 0.297 e. The molecule has 0 amide bonds. The van der Waals surface area contributed by atoms with Crippen LogP contribution in [0.1, 0.15) is 42.3 Å². The van der Waals surface area contributed by atoms with Crippen LogP contribution in [0.25, 0.3) is 11.2 Å². The van der Waals surface area contributed by atoms with E-state index in [0.717, 1.165) is 5.56 Å². The van der Waals surface area contributed by atoms with Gasteiger partial charge in [0.15, 0.2) is 29.3 Å². The van der Waals surface area contributed by atoms with Gasteiger partial charge in [0.2, 0.25) is 5.95 Å². The van der Waals surface area contributed by atoms with Gasteiger partial charge in [0, 0.05) is 5.92 Å². The smallest absolute Gasteiger partial charge is 0.297 e. The second kappa shape index (κ2) is 15.4. The number of Topliss-reactive ketones (excluding diaryl/α,β-unsaturated/α-hetero) is 1. The van der Waals surface area contributed by atoms with Crippen LogP contribution in [-0.2, 0) is 34.2 Å². The molecule has 14 nitrogen and oxygen atoms in total. The fourth-order valence-electron chi connectivity index (χ4n) is 6.97. The Labute approximate surface area is 323 Å². The molecule has 0 aliphatic carbocycles. The normalized spacial score (nSPS) is 19.3. The van der Waals surface area contributed by atoms with Crippen molar-refractivity contribution in [1.29, 1.82) is 0 Å². The molecule has 5 atom stereocenters. The molecule has 1 saturated heterocycles. The molecule has 1 aliphatic rings. The number of nitrogen functional groups attached to an aromatic ring is 1. The number of benzene rings is 4. The third-order valence-electron chi connectivity index (χ3n) is 9.83. The van der Waals surface area contributed by atoms with Crippen molar-refractivity contribution in [1.82, 2.24) is 19.5 Å². The van der Waals surface area contributed by atoms with E-state index >= 15 is 0 Å². The van der Waals surface area contributed by atoms with Crippen molar-refractivity contribution in [3.8, 4) is 5.75 Å². The lowest BCUT2D eigenvalue weighted by Crippen LogP contribution is -2.51. The van der Waals surface area contributed by atoms with Gasteiger partial charge in [-0.25, -0.2) is 4.98 Å². The zero-order chi connectivity index (χ0) is 39.8.